The number of ether oxygens (including phenoxy) is 1. The standard InChI is InChI=1S/C15H16FNOS/c1-10(2)18-13-7-12(17)8-15(9-13)19-14-5-3-4-11(16)6-14/h3-10H,17H2,1-2H3. The predicted molar refractivity (Wildman–Crippen MR) is 77.1 cm³/mol. The van der Waals surface area contributed by atoms with Gasteiger partial charge in [0.05, 0.1) is 6.10 Å². The summed E-state index contributed by atoms with van der Waals surface area (Å²) in [5.41, 5.74) is 6.49. The minimum Gasteiger partial charge on any atom is -0.491 e. The number of hydrogen-bond donors (Lipinski definition) is 1. The molecule has 0 aromatic heterocycles. The highest BCUT2D eigenvalue weighted by Gasteiger charge is 2.04. The van der Waals surface area contributed by atoms with E-state index in [1.165, 1.54) is 23.9 Å². The molecule has 100 valence electrons. The maximum absolute atomic E-state index is 13.1. The lowest BCUT2D eigenvalue weighted by molar-refractivity contribution is 0.242. The van der Waals surface area contributed by atoms with E-state index in [0.29, 0.717) is 5.69 Å². The topological polar surface area (TPSA) is 35.2 Å². The second kappa shape index (κ2) is 5.97. The van der Waals surface area contributed by atoms with E-state index in [4.69, 9.17) is 10.5 Å². The highest BCUT2D eigenvalue weighted by atomic mass is 32.2. The summed E-state index contributed by atoms with van der Waals surface area (Å²) >= 11 is 1.46. The molecule has 2 aromatic rings. The van der Waals surface area contributed by atoms with Crippen molar-refractivity contribution in [3.8, 4) is 5.75 Å². The summed E-state index contributed by atoms with van der Waals surface area (Å²) < 4.78 is 18.8. The molecule has 0 aliphatic heterocycles. The van der Waals surface area contributed by atoms with Gasteiger partial charge in [0.1, 0.15) is 11.6 Å². The van der Waals surface area contributed by atoms with Crippen molar-refractivity contribution in [2.24, 2.45) is 0 Å². The molecule has 0 radical (unpaired) electrons. The summed E-state index contributed by atoms with van der Waals surface area (Å²) in [6, 6.07) is 12.0. The van der Waals surface area contributed by atoms with Gasteiger partial charge in [-0.1, -0.05) is 17.8 Å². The summed E-state index contributed by atoms with van der Waals surface area (Å²) in [6.07, 6.45) is 0.0915. The van der Waals surface area contributed by atoms with Crippen LogP contribution >= 0.6 is 11.8 Å². The Morgan fingerprint density at radius 1 is 1.11 bits per heavy atom. The van der Waals surface area contributed by atoms with Gasteiger partial charge in [-0.2, -0.15) is 0 Å². The van der Waals surface area contributed by atoms with Crippen LogP contribution < -0.4 is 10.5 Å². The molecular weight excluding hydrogens is 261 g/mol. The highest BCUT2D eigenvalue weighted by molar-refractivity contribution is 7.99. The molecule has 2 nitrogen and oxygen atoms in total. The largest absolute Gasteiger partial charge is 0.491 e. The molecule has 0 atom stereocenters. The molecule has 2 aromatic carbocycles. The third-order valence-electron chi connectivity index (χ3n) is 2.31. The number of nitrogen functional groups attached to an aromatic ring is 1. The van der Waals surface area contributed by atoms with Crippen molar-refractivity contribution in [3.63, 3.8) is 0 Å². The van der Waals surface area contributed by atoms with E-state index < -0.39 is 0 Å². The molecule has 0 unspecified atom stereocenters. The van der Waals surface area contributed by atoms with Gasteiger partial charge in [-0.25, -0.2) is 4.39 Å². The first-order chi connectivity index (χ1) is 9.02. The van der Waals surface area contributed by atoms with Crippen LogP contribution in [0.5, 0.6) is 5.75 Å². The van der Waals surface area contributed by atoms with Gasteiger partial charge in [0.25, 0.3) is 0 Å². The lowest BCUT2D eigenvalue weighted by atomic mass is 10.3. The van der Waals surface area contributed by atoms with Crippen LogP contribution in [0.3, 0.4) is 0 Å². The predicted octanol–water partition coefficient (Wildman–Crippen LogP) is 4.35. The monoisotopic (exact) mass is 277 g/mol. The number of hydrogen-bond acceptors (Lipinski definition) is 3. The summed E-state index contributed by atoms with van der Waals surface area (Å²) in [4.78, 5) is 1.77. The van der Waals surface area contributed by atoms with Crippen LogP contribution in [0.25, 0.3) is 0 Å². The van der Waals surface area contributed by atoms with E-state index >= 15 is 0 Å². The summed E-state index contributed by atoms with van der Waals surface area (Å²) in [7, 11) is 0. The van der Waals surface area contributed by atoms with Gasteiger partial charge in [0.2, 0.25) is 0 Å². The Kier molecular flexibility index (Phi) is 4.32. The molecule has 0 saturated heterocycles. The lowest BCUT2D eigenvalue weighted by Crippen LogP contribution is -2.05. The van der Waals surface area contributed by atoms with E-state index in [1.54, 1.807) is 12.1 Å². The minimum absolute atomic E-state index is 0.0915. The zero-order valence-electron chi connectivity index (χ0n) is 10.9. The fraction of sp³-hybridized carbons (Fsp3) is 0.200. The number of benzene rings is 2. The lowest BCUT2D eigenvalue weighted by Gasteiger charge is -2.12. The average molecular weight is 277 g/mol. The third-order valence-corrected chi connectivity index (χ3v) is 3.27. The number of anilines is 1. The fourth-order valence-corrected chi connectivity index (χ4v) is 2.62. The zero-order chi connectivity index (χ0) is 13.8. The summed E-state index contributed by atoms with van der Waals surface area (Å²) in [6.45, 7) is 3.92. The van der Waals surface area contributed by atoms with Gasteiger partial charge in [-0.3, -0.25) is 0 Å². The van der Waals surface area contributed by atoms with Gasteiger partial charge < -0.3 is 10.5 Å². The van der Waals surface area contributed by atoms with Crippen molar-refractivity contribution in [3.05, 3.63) is 48.3 Å². The minimum atomic E-state index is -0.243. The molecule has 0 spiro atoms. The third kappa shape index (κ3) is 4.17. The van der Waals surface area contributed by atoms with Crippen molar-refractivity contribution in [1.82, 2.24) is 0 Å². The van der Waals surface area contributed by atoms with E-state index in [0.717, 1.165) is 15.5 Å². The smallest absolute Gasteiger partial charge is 0.124 e. The van der Waals surface area contributed by atoms with Crippen LogP contribution in [0.15, 0.2) is 52.3 Å². The maximum Gasteiger partial charge on any atom is 0.124 e. The molecule has 4 heteroatoms. The molecule has 19 heavy (non-hydrogen) atoms. The number of halogens is 1. The quantitative estimate of drug-likeness (QED) is 0.844. The molecular formula is C15H16FNOS. The van der Waals surface area contributed by atoms with Gasteiger partial charge in [-0.05, 0) is 44.2 Å². The Morgan fingerprint density at radius 2 is 1.89 bits per heavy atom. The normalized spacial score (nSPS) is 10.7. The second-order valence-electron chi connectivity index (χ2n) is 4.46. The summed E-state index contributed by atoms with van der Waals surface area (Å²) in [5.74, 6) is 0.487. The Balaban J connectivity index is 2.22. The number of nitrogens with two attached hydrogens (primary N) is 1. The van der Waals surface area contributed by atoms with Crippen molar-refractivity contribution < 1.29 is 9.13 Å². The van der Waals surface area contributed by atoms with Gasteiger partial charge in [0, 0.05) is 21.5 Å². The van der Waals surface area contributed by atoms with Crippen molar-refractivity contribution >= 4 is 17.4 Å². The Morgan fingerprint density at radius 3 is 2.58 bits per heavy atom. The zero-order valence-corrected chi connectivity index (χ0v) is 11.7. The number of rotatable bonds is 4. The molecule has 0 saturated carbocycles. The van der Waals surface area contributed by atoms with E-state index in [9.17, 15) is 4.39 Å². The Labute approximate surface area is 116 Å². The van der Waals surface area contributed by atoms with Crippen LogP contribution in [0, 0.1) is 5.82 Å². The molecule has 2 N–H and O–H groups in total. The molecule has 0 aliphatic carbocycles. The van der Waals surface area contributed by atoms with Crippen LogP contribution in [0.1, 0.15) is 13.8 Å². The van der Waals surface area contributed by atoms with Gasteiger partial charge >= 0.3 is 0 Å². The first-order valence-electron chi connectivity index (χ1n) is 6.03. The molecule has 0 aliphatic rings. The first-order valence-corrected chi connectivity index (χ1v) is 6.85. The fourth-order valence-electron chi connectivity index (χ4n) is 1.66. The van der Waals surface area contributed by atoms with Crippen LogP contribution in [-0.4, -0.2) is 6.10 Å². The van der Waals surface area contributed by atoms with Crippen LogP contribution in [0.4, 0.5) is 10.1 Å². The van der Waals surface area contributed by atoms with Crippen LogP contribution in [-0.2, 0) is 0 Å². The summed E-state index contributed by atoms with van der Waals surface area (Å²) in [5, 5.41) is 0. The average Bonchev–Trinajstić information content (AvgIpc) is 2.26. The van der Waals surface area contributed by atoms with Crippen molar-refractivity contribution in [2.45, 2.75) is 29.7 Å². The maximum atomic E-state index is 13.1. The Bertz CT molecular complexity index is 572. The molecule has 0 amide bonds. The van der Waals surface area contributed by atoms with Crippen LogP contribution in [0.2, 0.25) is 0 Å². The molecule has 2 rings (SSSR count). The highest BCUT2D eigenvalue weighted by Crippen LogP contribution is 2.32. The first kappa shape index (κ1) is 13.7. The molecule has 0 bridgehead atoms. The second-order valence-corrected chi connectivity index (χ2v) is 5.61. The van der Waals surface area contributed by atoms with E-state index in [2.05, 4.69) is 0 Å². The Hall–Kier alpha value is -1.68. The van der Waals surface area contributed by atoms with Crippen molar-refractivity contribution in [1.29, 1.82) is 0 Å². The van der Waals surface area contributed by atoms with E-state index in [1.807, 2.05) is 32.0 Å². The van der Waals surface area contributed by atoms with E-state index in [-0.39, 0.29) is 11.9 Å². The van der Waals surface area contributed by atoms with Gasteiger partial charge in [-0.15, -0.1) is 0 Å². The molecule has 0 fully saturated rings. The van der Waals surface area contributed by atoms with Gasteiger partial charge in [0.15, 0.2) is 0 Å². The SMILES string of the molecule is CC(C)Oc1cc(N)cc(Sc2cccc(F)c2)c1. The molecule has 0 heterocycles. The van der Waals surface area contributed by atoms with Crippen molar-refractivity contribution in [2.75, 3.05) is 5.73 Å².